The van der Waals surface area contributed by atoms with Crippen LogP contribution in [0.5, 0.6) is 0 Å². The van der Waals surface area contributed by atoms with Gasteiger partial charge in [-0.25, -0.2) is 4.67 Å². The number of hydrogen-bond acceptors (Lipinski definition) is 4. The van der Waals surface area contributed by atoms with Crippen LogP contribution in [0.3, 0.4) is 0 Å². The van der Waals surface area contributed by atoms with Gasteiger partial charge in [0.15, 0.2) is 0 Å². The van der Waals surface area contributed by atoms with Gasteiger partial charge >= 0.3 is 0 Å². The zero-order chi connectivity index (χ0) is 15.3. The van der Waals surface area contributed by atoms with Crippen LogP contribution in [0, 0.1) is 5.92 Å². The van der Waals surface area contributed by atoms with Gasteiger partial charge in [0.25, 0.3) is 8.53 Å². The molecule has 6 atom stereocenters. The van der Waals surface area contributed by atoms with E-state index in [-0.39, 0.29) is 29.7 Å². The molecule has 0 aromatic rings. The summed E-state index contributed by atoms with van der Waals surface area (Å²) in [5.41, 5.74) is 0.0920. The van der Waals surface area contributed by atoms with Crippen LogP contribution in [0.1, 0.15) is 58.8 Å². The van der Waals surface area contributed by atoms with E-state index in [0.29, 0.717) is 6.04 Å². The highest BCUT2D eigenvalue weighted by Crippen LogP contribution is 2.64. The van der Waals surface area contributed by atoms with Crippen molar-refractivity contribution in [3.63, 3.8) is 0 Å². The second-order valence-corrected chi connectivity index (χ2v) is 8.78. The first-order valence-corrected chi connectivity index (χ1v) is 10.1. The summed E-state index contributed by atoms with van der Waals surface area (Å²) in [4.78, 5) is 0. The highest BCUT2D eigenvalue weighted by atomic mass is 31.2. The van der Waals surface area contributed by atoms with Crippen molar-refractivity contribution in [1.29, 1.82) is 0 Å². The highest BCUT2D eigenvalue weighted by Gasteiger charge is 2.58. The monoisotopic (exact) mass is 323 g/mol. The lowest BCUT2D eigenvalue weighted by atomic mass is 9.86. The van der Waals surface area contributed by atoms with Crippen LogP contribution in [0.15, 0.2) is 0 Å². The van der Waals surface area contributed by atoms with Crippen LogP contribution in [0.25, 0.3) is 0 Å². The summed E-state index contributed by atoms with van der Waals surface area (Å²) >= 11 is 0. The molecule has 0 aromatic carbocycles. The van der Waals surface area contributed by atoms with Crippen molar-refractivity contribution < 1.29 is 13.8 Å². The van der Waals surface area contributed by atoms with Crippen LogP contribution >= 0.6 is 8.53 Å². The number of nitrogens with zero attached hydrogens (tertiary/aromatic N) is 1. The molecular formula is C16H27BNO3P. The Balaban J connectivity index is 1.51. The van der Waals surface area contributed by atoms with E-state index in [1.54, 1.807) is 0 Å². The van der Waals surface area contributed by atoms with Gasteiger partial charge in [0.1, 0.15) is 7.85 Å². The van der Waals surface area contributed by atoms with Gasteiger partial charge in [0, 0.05) is 24.5 Å². The van der Waals surface area contributed by atoms with Gasteiger partial charge in [-0.3, -0.25) is 0 Å². The molecule has 0 N–H and O–H groups in total. The number of rotatable bonds is 3. The Morgan fingerprint density at radius 1 is 1.32 bits per heavy atom. The number of ether oxygens (including phenoxy) is 1. The Morgan fingerprint density at radius 2 is 2.09 bits per heavy atom. The van der Waals surface area contributed by atoms with Crippen molar-refractivity contribution in [2.24, 2.45) is 5.92 Å². The minimum Gasteiger partial charge on any atom is -0.382 e. The fourth-order valence-corrected chi connectivity index (χ4v) is 7.03. The molecule has 122 valence electrons. The van der Waals surface area contributed by atoms with Crippen molar-refractivity contribution in [2.75, 3.05) is 6.54 Å². The van der Waals surface area contributed by atoms with Crippen molar-refractivity contribution >= 4 is 16.4 Å². The molecule has 3 saturated heterocycles. The van der Waals surface area contributed by atoms with Crippen molar-refractivity contribution in [3.05, 3.63) is 0 Å². The van der Waals surface area contributed by atoms with E-state index in [1.165, 1.54) is 38.5 Å². The predicted molar refractivity (Wildman–Crippen MR) is 87.7 cm³/mol. The Morgan fingerprint density at radius 3 is 2.82 bits per heavy atom. The molecule has 0 aromatic heterocycles. The highest BCUT2D eigenvalue weighted by molar-refractivity contribution is 7.45. The third-order valence-electron chi connectivity index (χ3n) is 6.10. The molecule has 4 aliphatic rings. The Bertz CT molecular complexity index is 420. The van der Waals surface area contributed by atoms with Crippen LogP contribution < -0.4 is 0 Å². The van der Waals surface area contributed by atoms with Gasteiger partial charge in [0.05, 0.1) is 17.8 Å². The molecule has 2 radical (unpaired) electrons. The van der Waals surface area contributed by atoms with Gasteiger partial charge in [-0.15, -0.1) is 0 Å². The average molecular weight is 323 g/mol. The lowest BCUT2D eigenvalue weighted by Gasteiger charge is -2.28. The Kier molecular flexibility index (Phi) is 4.32. The molecule has 4 fully saturated rings. The number of hydrogen-bond donors (Lipinski definition) is 0. The van der Waals surface area contributed by atoms with Gasteiger partial charge in [-0.2, -0.15) is 0 Å². The maximum Gasteiger partial charge on any atom is 0.260 e. The van der Waals surface area contributed by atoms with E-state index >= 15 is 0 Å². The van der Waals surface area contributed by atoms with E-state index in [2.05, 4.69) is 18.5 Å². The topological polar surface area (TPSA) is 30.9 Å². The Labute approximate surface area is 136 Å². The van der Waals surface area contributed by atoms with Crippen molar-refractivity contribution in [1.82, 2.24) is 4.67 Å². The van der Waals surface area contributed by atoms with E-state index in [0.717, 1.165) is 13.0 Å². The molecule has 3 heterocycles. The maximum absolute atomic E-state index is 6.59. The second-order valence-electron chi connectivity index (χ2n) is 7.40. The quantitative estimate of drug-likeness (QED) is 0.589. The van der Waals surface area contributed by atoms with Crippen LogP contribution in [-0.4, -0.2) is 48.9 Å². The van der Waals surface area contributed by atoms with E-state index in [4.69, 9.17) is 21.6 Å². The second kappa shape index (κ2) is 6.00. The minimum absolute atomic E-state index is 0.0731. The molecule has 1 aliphatic carbocycles. The molecule has 22 heavy (non-hydrogen) atoms. The van der Waals surface area contributed by atoms with Crippen LogP contribution in [-0.2, 0) is 13.8 Å². The van der Waals surface area contributed by atoms with Crippen molar-refractivity contribution in [3.8, 4) is 0 Å². The Hall–Kier alpha value is 0.335. The molecule has 1 spiro atoms. The predicted octanol–water partition coefficient (Wildman–Crippen LogP) is 3.35. The van der Waals surface area contributed by atoms with Crippen LogP contribution in [0.2, 0.25) is 0 Å². The summed E-state index contributed by atoms with van der Waals surface area (Å²) in [6, 6.07) is 0.384. The summed E-state index contributed by atoms with van der Waals surface area (Å²) in [6.45, 7) is 5.41. The summed E-state index contributed by atoms with van der Waals surface area (Å²) in [6.07, 6.45) is 8.72. The molecule has 6 heteroatoms. The lowest BCUT2D eigenvalue weighted by molar-refractivity contribution is 0.0275. The molecule has 4 rings (SSSR count). The normalized spacial score (nSPS) is 47.5. The smallest absolute Gasteiger partial charge is 0.260 e. The molecule has 1 unspecified atom stereocenters. The molecule has 1 saturated carbocycles. The molecule has 3 aliphatic heterocycles. The zero-order valence-corrected chi connectivity index (χ0v) is 14.6. The van der Waals surface area contributed by atoms with Gasteiger partial charge in [-0.05, 0) is 32.1 Å². The van der Waals surface area contributed by atoms with E-state index < -0.39 is 8.53 Å². The van der Waals surface area contributed by atoms with Crippen LogP contribution in [0.4, 0.5) is 0 Å². The van der Waals surface area contributed by atoms with Crippen molar-refractivity contribution in [2.45, 2.75) is 88.6 Å². The molecular weight excluding hydrogens is 296 g/mol. The zero-order valence-electron chi connectivity index (χ0n) is 13.7. The molecule has 4 nitrogen and oxygen atoms in total. The third kappa shape index (κ3) is 2.40. The van der Waals surface area contributed by atoms with Gasteiger partial charge < -0.3 is 13.8 Å². The first-order valence-electron chi connectivity index (χ1n) is 8.98. The average Bonchev–Trinajstić information content (AvgIpc) is 3.24. The third-order valence-corrected chi connectivity index (χ3v) is 7.94. The first kappa shape index (κ1) is 15.8. The summed E-state index contributed by atoms with van der Waals surface area (Å²) in [7, 11) is 5.15. The maximum atomic E-state index is 6.59. The molecule has 0 amide bonds. The van der Waals surface area contributed by atoms with E-state index in [9.17, 15) is 0 Å². The lowest BCUT2D eigenvalue weighted by Crippen LogP contribution is -2.39. The standard InChI is InChI=1S/C16H27BNO3P/c1-3-12-14(11(2)15(17)19-12)20-22-18-10-6-7-13(18)16(21-22)8-4-5-9-16/h11-15H,3-10H2,1-2H3/t11?,12-,13-,14-,15-,22+/m1/s1. The summed E-state index contributed by atoms with van der Waals surface area (Å²) in [5, 5.41) is 0. The molecule has 0 bridgehead atoms. The SMILES string of the molecule is [B][C@@H]1O[C@H](CC)[C@H](O[P@@]2OC3(CCCC3)[C@H]3CCCN32)C1C. The number of fused-ring (bicyclic) bond motifs is 2. The fraction of sp³-hybridized carbons (Fsp3) is 1.00. The largest absolute Gasteiger partial charge is 0.382 e. The van der Waals surface area contributed by atoms with E-state index in [1.807, 2.05) is 0 Å². The van der Waals surface area contributed by atoms with Gasteiger partial charge in [0.2, 0.25) is 0 Å². The minimum atomic E-state index is -0.936. The summed E-state index contributed by atoms with van der Waals surface area (Å²) in [5.74, 6) is 0.234. The summed E-state index contributed by atoms with van der Waals surface area (Å²) < 4.78 is 21.5. The van der Waals surface area contributed by atoms with Gasteiger partial charge in [-0.1, -0.05) is 26.7 Å². The first-order chi connectivity index (χ1) is 10.6. The fourth-order valence-electron chi connectivity index (χ4n) is 4.76.